The fourth-order valence-electron chi connectivity index (χ4n) is 1.33. The first kappa shape index (κ1) is 13.2. The third-order valence-electron chi connectivity index (χ3n) is 2.47. The molecule has 16 heavy (non-hydrogen) atoms. The first-order valence-electron chi connectivity index (χ1n) is 5.09. The number of nitrogens with one attached hydrogen (secondary N) is 1. The van der Waals surface area contributed by atoms with Gasteiger partial charge in [0.15, 0.2) is 9.84 Å². The highest BCUT2D eigenvalue weighted by Gasteiger charge is 2.30. The molecule has 2 unspecified atom stereocenters. The van der Waals surface area contributed by atoms with Crippen molar-refractivity contribution < 1.29 is 13.2 Å². The van der Waals surface area contributed by atoms with Crippen LogP contribution in [0.2, 0.25) is 0 Å². The number of hydrogen-bond acceptors (Lipinski definition) is 4. The Morgan fingerprint density at radius 1 is 1.50 bits per heavy atom. The minimum absolute atomic E-state index is 0.0738. The lowest BCUT2D eigenvalue weighted by atomic mass is 9.87. The lowest BCUT2D eigenvalue weighted by Crippen LogP contribution is -2.51. The van der Waals surface area contributed by atoms with Crippen molar-refractivity contribution in [3.05, 3.63) is 11.5 Å². The molecule has 0 fully saturated rings. The summed E-state index contributed by atoms with van der Waals surface area (Å²) in [5.74, 6) is -0.394. The molecule has 1 rings (SSSR count). The summed E-state index contributed by atoms with van der Waals surface area (Å²) in [6, 6.07) is -1.10. The van der Waals surface area contributed by atoms with Crippen LogP contribution in [0.25, 0.3) is 0 Å². The summed E-state index contributed by atoms with van der Waals surface area (Å²) in [5.41, 5.74) is 5.41. The Morgan fingerprint density at radius 2 is 2.06 bits per heavy atom. The van der Waals surface area contributed by atoms with Gasteiger partial charge in [0, 0.05) is 5.41 Å². The third-order valence-corrected chi connectivity index (χ3v) is 3.87. The minimum Gasteiger partial charge on any atom is -0.347 e. The standard InChI is InChI=1S/C10H18N2O3S/c1-10(2,3)8(11)9(13)12-7-4-5-16(14,15)6-7/h4-5,7-8H,6,11H2,1-3H3,(H,12,13). The molecular formula is C10H18N2O3S. The number of amides is 1. The topological polar surface area (TPSA) is 89.3 Å². The van der Waals surface area contributed by atoms with Crippen molar-refractivity contribution in [2.45, 2.75) is 32.9 Å². The number of carbonyl (C=O) groups is 1. The fraction of sp³-hybridized carbons (Fsp3) is 0.700. The average Bonchev–Trinajstić information content (AvgIpc) is 2.42. The molecule has 0 bridgehead atoms. The first-order chi connectivity index (χ1) is 7.12. The summed E-state index contributed by atoms with van der Waals surface area (Å²) in [6.45, 7) is 5.58. The molecule has 5 nitrogen and oxygen atoms in total. The van der Waals surface area contributed by atoms with Crippen molar-refractivity contribution in [3.63, 3.8) is 0 Å². The van der Waals surface area contributed by atoms with Crippen LogP contribution in [0.3, 0.4) is 0 Å². The van der Waals surface area contributed by atoms with E-state index in [4.69, 9.17) is 5.73 Å². The Kier molecular flexibility index (Phi) is 3.44. The van der Waals surface area contributed by atoms with E-state index in [0.717, 1.165) is 5.41 Å². The number of carbonyl (C=O) groups excluding carboxylic acids is 1. The number of nitrogens with two attached hydrogens (primary N) is 1. The number of rotatable bonds is 2. The van der Waals surface area contributed by atoms with E-state index in [9.17, 15) is 13.2 Å². The Balaban J connectivity index is 2.58. The molecule has 0 aromatic heterocycles. The van der Waals surface area contributed by atoms with Gasteiger partial charge in [0.25, 0.3) is 0 Å². The van der Waals surface area contributed by atoms with Gasteiger partial charge in [0.2, 0.25) is 5.91 Å². The van der Waals surface area contributed by atoms with Gasteiger partial charge in [-0.1, -0.05) is 20.8 Å². The quantitative estimate of drug-likeness (QED) is 0.705. The summed E-state index contributed by atoms with van der Waals surface area (Å²) in [6.07, 6.45) is 1.47. The second-order valence-electron chi connectivity index (χ2n) is 5.12. The van der Waals surface area contributed by atoms with Crippen LogP contribution < -0.4 is 11.1 Å². The zero-order valence-electron chi connectivity index (χ0n) is 9.73. The van der Waals surface area contributed by atoms with Gasteiger partial charge in [0.1, 0.15) is 0 Å². The molecule has 0 aromatic carbocycles. The van der Waals surface area contributed by atoms with Gasteiger partial charge in [0.05, 0.1) is 17.8 Å². The van der Waals surface area contributed by atoms with E-state index in [1.54, 1.807) is 0 Å². The molecule has 1 heterocycles. The van der Waals surface area contributed by atoms with Gasteiger partial charge in [-0.3, -0.25) is 4.79 Å². The van der Waals surface area contributed by atoms with Gasteiger partial charge >= 0.3 is 0 Å². The van der Waals surface area contributed by atoms with Crippen molar-refractivity contribution >= 4 is 15.7 Å². The molecule has 92 valence electrons. The average molecular weight is 246 g/mol. The molecule has 0 radical (unpaired) electrons. The van der Waals surface area contributed by atoms with Crippen LogP contribution in [0, 0.1) is 5.41 Å². The number of sulfone groups is 1. The highest BCUT2D eigenvalue weighted by atomic mass is 32.2. The van der Waals surface area contributed by atoms with E-state index in [-0.39, 0.29) is 17.1 Å². The Hall–Kier alpha value is -0.880. The molecule has 2 atom stereocenters. The smallest absolute Gasteiger partial charge is 0.237 e. The summed E-state index contributed by atoms with van der Waals surface area (Å²) < 4.78 is 22.2. The molecular weight excluding hydrogens is 228 g/mol. The maximum absolute atomic E-state index is 11.7. The molecule has 1 aliphatic rings. The van der Waals surface area contributed by atoms with Crippen LogP contribution in [0.5, 0.6) is 0 Å². The molecule has 0 spiro atoms. The van der Waals surface area contributed by atoms with Gasteiger partial charge in [-0.15, -0.1) is 0 Å². The number of hydrogen-bond donors (Lipinski definition) is 2. The molecule has 6 heteroatoms. The van der Waals surface area contributed by atoms with Crippen molar-refractivity contribution in [3.8, 4) is 0 Å². The Labute approximate surface area is 96.0 Å². The van der Waals surface area contributed by atoms with Crippen LogP contribution >= 0.6 is 0 Å². The third kappa shape index (κ3) is 3.31. The maximum atomic E-state index is 11.7. The molecule has 0 saturated heterocycles. The predicted molar refractivity (Wildman–Crippen MR) is 62.3 cm³/mol. The molecule has 0 saturated carbocycles. The second kappa shape index (κ2) is 4.18. The van der Waals surface area contributed by atoms with E-state index in [0.29, 0.717) is 0 Å². The van der Waals surface area contributed by atoms with Crippen LogP contribution in [0.15, 0.2) is 11.5 Å². The summed E-state index contributed by atoms with van der Waals surface area (Å²) in [7, 11) is -3.14. The largest absolute Gasteiger partial charge is 0.347 e. The SMILES string of the molecule is CC(C)(C)C(N)C(=O)NC1C=CS(=O)(=O)C1. The molecule has 3 N–H and O–H groups in total. The fourth-order valence-corrected chi connectivity index (χ4v) is 2.57. The van der Waals surface area contributed by atoms with Crippen LogP contribution in [-0.4, -0.2) is 32.2 Å². The van der Waals surface area contributed by atoms with E-state index < -0.39 is 21.9 Å². The second-order valence-corrected chi connectivity index (χ2v) is 7.05. The lowest BCUT2D eigenvalue weighted by molar-refractivity contribution is -0.124. The highest BCUT2D eigenvalue weighted by molar-refractivity contribution is 7.94. The van der Waals surface area contributed by atoms with Gasteiger partial charge in [-0.25, -0.2) is 8.42 Å². The zero-order valence-corrected chi connectivity index (χ0v) is 10.5. The zero-order chi connectivity index (χ0) is 12.6. The van der Waals surface area contributed by atoms with E-state index in [1.165, 1.54) is 6.08 Å². The van der Waals surface area contributed by atoms with Gasteiger partial charge < -0.3 is 11.1 Å². The van der Waals surface area contributed by atoms with Crippen LogP contribution in [0.4, 0.5) is 0 Å². The first-order valence-corrected chi connectivity index (χ1v) is 6.80. The Bertz CT molecular complexity index is 406. The van der Waals surface area contributed by atoms with E-state index in [2.05, 4.69) is 5.32 Å². The predicted octanol–water partition coefficient (Wildman–Crippen LogP) is -0.213. The molecule has 1 amide bonds. The monoisotopic (exact) mass is 246 g/mol. The van der Waals surface area contributed by atoms with Crippen molar-refractivity contribution in [2.24, 2.45) is 11.1 Å². The van der Waals surface area contributed by atoms with E-state index >= 15 is 0 Å². The molecule has 1 aliphatic heterocycles. The van der Waals surface area contributed by atoms with Crippen molar-refractivity contribution in [1.82, 2.24) is 5.32 Å². The normalized spacial score (nSPS) is 25.4. The van der Waals surface area contributed by atoms with Gasteiger partial charge in [-0.05, 0) is 11.5 Å². The van der Waals surface area contributed by atoms with Crippen LogP contribution in [0.1, 0.15) is 20.8 Å². The Morgan fingerprint density at radius 3 is 2.44 bits per heavy atom. The van der Waals surface area contributed by atoms with Crippen molar-refractivity contribution in [1.29, 1.82) is 0 Å². The summed E-state index contributed by atoms with van der Waals surface area (Å²) in [4.78, 5) is 11.7. The molecule has 0 aromatic rings. The molecule has 0 aliphatic carbocycles. The van der Waals surface area contributed by atoms with E-state index in [1.807, 2.05) is 20.8 Å². The maximum Gasteiger partial charge on any atom is 0.237 e. The summed E-state index contributed by atoms with van der Waals surface area (Å²) >= 11 is 0. The summed E-state index contributed by atoms with van der Waals surface area (Å²) in [5, 5.41) is 3.74. The lowest BCUT2D eigenvalue weighted by Gasteiger charge is -2.26. The highest BCUT2D eigenvalue weighted by Crippen LogP contribution is 2.18. The van der Waals surface area contributed by atoms with Crippen molar-refractivity contribution in [2.75, 3.05) is 5.75 Å². The minimum atomic E-state index is -3.14. The van der Waals surface area contributed by atoms with Gasteiger partial charge in [-0.2, -0.15) is 0 Å². The van der Waals surface area contributed by atoms with Crippen LogP contribution in [-0.2, 0) is 14.6 Å².